The van der Waals surface area contributed by atoms with Crippen LogP contribution in [0.25, 0.3) is 0 Å². The van der Waals surface area contributed by atoms with Crippen LogP contribution in [0.4, 0.5) is 22.0 Å². The zero-order valence-corrected chi connectivity index (χ0v) is 9.78. The fraction of sp³-hybridized carbons (Fsp3) is 0.364. The molecule has 1 atom stereocenters. The van der Waals surface area contributed by atoms with E-state index >= 15 is 0 Å². The molecule has 1 aromatic rings. The van der Waals surface area contributed by atoms with Gasteiger partial charge in [0.15, 0.2) is 23.3 Å². The van der Waals surface area contributed by atoms with Crippen LogP contribution in [-0.2, 0) is 16.0 Å². The number of benzene rings is 1. The first-order valence-electron chi connectivity index (χ1n) is 5.23. The molecule has 0 spiro atoms. The van der Waals surface area contributed by atoms with Crippen molar-refractivity contribution >= 4 is 5.97 Å². The second-order valence-electron chi connectivity index (χ2n) is 3.61. The summed E-state index contributed by atoms with van der Waals surface area (Å²) in [5.74, 6) is -11.4. The van der Waals surface area contributed by atoms with Gasteiger partial charge in [0.1, 0.15) is 6.04 Å². The summed E-state index contributed by atoms with van der Waals surface area (Å²) in [4.78, 5) is 11.2. The Morgan fingerprint density at radius 1 is 1.05 bits per heavy atom. The summed E-state index contributed by atoms with van der Waals surface area (Å²) in [5, 5.41) is 0. The van der Waals surface area contributed by atoms with Crippen LogP contribution in [0.15, 0.2) is 0 Å². The minimum atomic E-state index is -2.26. The number of esters is 1. The van der Waals surface area contributed by atoms with Crippen LogP contribution >= 0.6 is 0 Å². The summed E-state index contributed by atoms with van der Waals surface area (Å²) < 4.78 is 69.6. The maximum atomic E-state index is 13.3. The number of hydrogen-bond donors (Lipinski definition) is 1. The van der Waals surface area contributed by atoms with Gasteiger partial charge in [0.05, 0.1) is 6.61 Å². The van der Waals surface area contributed by atoms with Crippen molar-refractivity contribution in [2.24, 2.45) is 5.73 Å². The highest BCUT2D eigenvalue weighted by Crippen LogP contribution is 2.23. The Morgan fingerprint density at radius 2 is 1.47 bits per heavy atom. The summed E-state index contributed by atoms with van der Waals surface area (Å²) in [6.45, 7) is 1.45. The smallest absolute Gasteiger partial charge is 0.323 e. The predicted molar refractivity (Wildman–Crippen MR) is 54.5 cm³/mol. The molecule has 0 aliphatic rings. The molecule has 1 aromatic carbocycles. The standard InChI is InChI=1S/C11H10F5NO2/c1-2-19-11(18)5(17)3-4-6(12)8(14)10(16)9(15)7(4)13/h5H,2-3,17H2,1H3. The molecule has 2 N–H and O–H groups in total. The number of halogens is 5. The first-order chi connectivity index (χ1) is 8.81. The Balaban J connectivity index is 3.12. The van der Waals surface area contributed by atoms with Gasteiger partial charge in [-0.15, -0.1) is 0 Å². The van der Waals surface area contributed by atoms with Crippen molar-refractivity contribution in [2.75, 3.05) is 6.61 Å². The Hall–Kier alpha value is -1.70. The maximum absolute atomic E-state index is 13.3. The summed E-state index contributed by atoms with van der Waals surface area (Å²) in [7, 11) is 0. The molecule has 3 nitrogen and oxygen atoms in total. The molecule has 19 heavy (non-hydrogen) atoms. The third-order valence-corrected chi connectivity index (χ3v) is 2.31. The molecular weight excluding hydrogens is 273 g/mol. The number of carbonyl (C=O) groups is 1. The summed E-state index contributed by atoms with van der Waals surface area (Å²) in [6, 6.07) is -1.52. The van der Waals surface area contributed by atoms with E-state index in [9.17, 15) is 26.7 Å². The van der Waals surface area contributed by atoms with Gasteiger partial charge in [-0.25, -0.2) is 22.0 Å². The zero-order valence-electron chi connectivity index (χ0n) is 9.78. The first-order valence-corrected chi connectivity index (χ1v) is 5.23. The minimum Gasteiger partial charge on any atom is -0.465 e. The SMILES string of the molecule is CCOC(=O)C(N)Cc1c(F)c(F)c(F)c(F)c1F. The molecule has 0 fully saturated rings. The molecule has 0 saturated carbocycles. The Bertz CT molecular complexity index is 477. The van der Waals surface area contributed by atoms with E-state index < -0.39 is 53.1 Å². The van der Waals surface area contributed by atoms with Gasteiger partial charge in [-0.1, -0.05) is 0 Å². The molecule has 1 unspecified atom stereocenters. The van der Waals surface area contributed by atoms with Crippen molar-refractivity contribution in [2.45, 2.75) is 19.4 Å². The van der Waals surface area contributed by atoms with E-state index in [1.54, 1.807) is 0 Å². The van der Waals surface area contributed by atoms with Gasteiger partial charge in [0, 0.05) is 12.0 Å². The molecule has 1 rings (SSSR count). The average Bonchev–Trinajstić information content (AvgIpc) is 2.39. The monoisotopic (exact) mass is 283 g/mol. The fourth-order valence-corrected chi connectivity index (χ4v) is 1.38. The van der Waals surface area contributed by atoms with E-state index in [2.05, 4.69) is 4.74 Å². The van der Waals surface area contributed by atoms with Gasteiger partial charge in [0.25, 0.3) is 0 Å². The first kappa shape index (κ1) is 15.4. The topological polar surface area (TPSA) is 52.3 Å². The molecule has 0 heterocycles. The molecule has 0 radical (unpaired) electrons. The largest absolute Gasteiger partial charge is 0.465 e. The van der Waals surface area contributed by atoms with Gasteiger partial charge in [-0.3, -0.25) is 4.79 Å². The van der Waals surface area contributed by atoms with Crippen molar-refractivity contribution in [3.05, 3.63) is 34.6 Å². The highest BCUT2D eigenvalue weighted by Gasteiger charge is 2.28. The lowest BCUT2D eigenvalue weighted by Gasteiger charge is -2.12. The lowest BCUT2D eigenvalue weighted by atomic mass is 10.0. The molecule has 106 valence electrons. The summed E-state index contributed by atoms with van der Waals surface area (Å²) >= 11 is 0. The third kappa shape index (κ3) is 3.01. The zero-order chi connectivity index (χ0) is 14.7. The van der Waals surface area contributed by atoms with Crippen LogP contribution < -0.4 is 5.73 Å². The Kier molecular flexibility index (Phi) is 4.82. The van der Waals surface area contributed by atoms with Crippen LogP contribution in [0.1, 0.15) is 12.5 Å². The van der Waals surface area contributed by atoms with Crippen molar-refractivity contribution in [1.82, 2.24) is 0 Å². The molecular formula is C11H10F5NO2. The van der Waals surface area contributed by atoms with Gasteiger partial charge in [-0.05, 0) is 6.92 Å². The normalized spacial score (nSPS) is 12.4. The Labute approximate surface area is 105 Å². The van der Waals surface area contributed by atoms with Crippen LogP contribution in [0.5, 0.6) is 0 Å². The van der Waals surface area contributed by atoms with E-state index in [1.165, 1.54) is 6.92 Å². The van der Waals surface area contributed by atoms with Crippen LogP contribution in [-0.4, -0.2) is 18.6 Å². The van der Waals surface area contributed by atoms with Crippen LogP contribution in [0, 0.1) is 29.1 Å². The second kappa shape index (κ2) is 5.96. The average molecular weight is 283 g/mol. The predicted octanol–water partition coefficient (Wildman–Crippen LogP) is 1.81. The van der Waals surface area contributed by atoms with Crippen molar-refractivity contribution in [3.8, 4) is 0 Å². The quantitative estimate of drug-likeness (QED) is 0.397. The number of carbonyl (C=O) groups excluding carboxylic acids is 1. The highest BCUT2D eigenvalue weighted by atomic mass is 19.2. The molecule has 0 aliphatic heterocycles. The van der Waals surface area contributed by atoms with Crippen molar-refractivity contribution in [1.29, 1.82) is 0 Å². The lowest BCUT2D eigenvalue weighted by Crippen LogP contribution is -2.35. The highest BCUT2D eigenvalue weighted by molar-refractivity contribution is 5.75. The minimum absolute atomic E-state index is 0.0242. The van der Waals surface area contributed by atoms with E-state index in [-0.39, 0.29) is 6.61 Å². The number of hydrogen-bond acceptors (Lipinski definition) is 3. The van der Waals surface area contributed by atoms with Crippen molar-refractivity contribution in [3.63, 3.8) is 0 Å². The van der Waals surface area contributed by atoms with E-state index in [0.29, 0.717) is 0 Å². The third-order valence-electron chi connectivity index (χ3n) is 2.31. The lowest BCUT2D eigenvalue weighted by molar-refractivity contribution is -0.144. The summed E-state index contributed by atoms with van der Waals surface area (Å²) in [6.07, 6.45) is -0.857. The number of nitrogens with two attached hydrogens (primary N) is 1. The van der Waals surface area contributed by atoms with E-state index in [4.69, 9.17) is 5.73 Å². The van der Waals surface area contributed by atoms with Crippen LogP contribution in [0.2, 0.25) is 0 Å². The fourth-order valence-electron chi connectivity index (χ4n) is 1.38. The molecule has 0 saturated heterocycles. The summed E-state index contributed by atoms with van der Waals surface area (Å²) in [5.41, 5.74) is 4.12. The molecule has 0 aromatic heterocycles. The van der Waals surface area contributed by atoms with Crippen molar-refractivity contribution < 1.29 is 31.5 Å². The van der Waals surface area contributed by atoms with Crippen LogP contribution in [0.3, 0.4) is 0 Å². The maximum Gasteiger partial charge on any atom is 0.323 e. The molecule has 0 aliphatic carbocycles. The molecule has 0 bridgehead atoms. The second-order valence-corrected chi connectivity index (χ2v) is 3.61. The number of ether oxygens (including phenoxy) is 1. The van der Waals surface area contributed by atoms with E-state index in [1.807, 2.05) is 0 Å². The van der Waals surface area contributed by atoms with Gasteiger partial charge in [0.2, 0.25) is 5.82 Å². The van der Waals surface area contributed by atoms with E-state index in [0.717, 1.165) is 0 Å². The molecule has 0 amide bonds. The van der Waals surface area contributed by atoms with Gasteiger partial charge < -0.3 is 10.5 Å². The van der Waals surface area contributed by atoms with Gasteiger partial charge >= 0.3 is 5.97 Å². The number of rotatable bonds is 4. The van der Waals surface area contributed by atoms with Gasteiger partial charge in [-0.2, -0.15) is 0 Å². The Morgan fingerprint density at radius 3 is 1.89 bits per heavy atom. The molecule has 8 heteroatoms.